The fourth-order valence-corrected chi connectivity index (χ4v) is 2.03. The van der Waals surface area contributed by atoms with Crippen molar-refractivity contribution in [1.29, 1.82) is 0 Å². The Balaban J connectivity index is 2.60. The molecule has 0 fully saturated rings. The molecule has 7 heteroatoms. The highest BCUT2D eigenvalue weighted by Gasteiger charge is 2.19. The number of nitrogens with zero attached hydrogens (tertiary/aromatic N) is 2. The molecule has 116 valence electrons. The first-order valence-electron chi connectivity index (χ1n) is 7.04. The van der Waals surface area contributed by atoms with Crippen LogP contribution in [0, 0.1) is 10.1 Å². The summed E-state index contributed by atoms with van der Waals surface area (Å²) in [4.78, 5) is 24.6. The second-order valence-corrected chi connectivity index (χ2v) is 4.67. The Hall–Kier alpha value is -2.15. The van der Waals surface area contributed by atoms with Crippen LogP contribution < -0.4 is 11.1 Å². The predicted molar refractivity (Wildman–Crippen MR) is 82.2 cm³/mol. The van der Waals surface area contributed by atoms with Gasteiger partial charge in [-0.2, -0.15) is 0 Å². The van der Waals surface area contributed by atoms with Gasteiger partial charge in [0.2, 0.25) is 0 Å². The Morgan fingerprint density at radius 1 is 1.38 bits per heavy atom. The Kier molecular flexibility index (Phi) is 6.61. The van der Waals surface area contributed by atoms with Crippen LogP contribution in [0.15, 0.2) is 18.2 Å². The smallest absolute Gasteiger partial charge is 0.282 e. The summed E-state index contributed by atoms with van der Waals surface area (Å²) in [5.74, 6) is -0.464. The number of hydrogen-bond acceptors (Lipinski definition) is 5. The van der Waals surface area contributed by atoms with Crippen molar-refractivity contribution < 1.29 is 9.72 Å². The maximum atomic E-state index is 12.0. The van der Waals surface area contributed by atoms with Gasteiger partial charge >= 0.3 is 0 Å². The highest BCUT2D eigenvalue weighted by atomic mass is 16.6. The summed E-state index contributed by atoms with van der Waals surface area (Å²) < 4.78 is 0. The van der Waals surface area contributed by atoms with Crippen molar-refractivity contribution in [1.82, 2.24) is 10.2 Å². The fraction of sp³-hybridized carbons (Fsp3) is 0.500. The lowest BCUT2D eigenvalue weighted by Crippen LogP contribution is -2.30. The van der Waals surface area contributed by atoms with Crippen molar-refractivity contribution in [3.05, 3.63) is 33.9 Å². The first-order chi connectivity index (χ1) is 9.99. The molecule has 0 aliphatic rings. The van der Waals surface area contributed by atoms with Gasteiger partial charge < -0.3 is 16.0 Å². The Bertz CT molecular complexity index is 501. The molecule has 1 amide bonds. The number of nitro benzene ring substituents is 1. The quantitative estimate of drug-likeness (QED) is 0.328. The van der Waals surface area contributed by atoms with Gasteiger partial charge in [0.15, 0.2) is 0 Å². The van der Waals surface area contributed by atoms with E-state index < -0.39 is 10.8 Å². The predicted octanol–water partition coefficient (Wildman–Crippen LogP) is 1.64. The zero-order chi connectivity index (χ0) is 15.8. The van der Waals surface area contributed by atoms with Crippen LogP contribution in [-0.4, -0.2) is 41.9 Å². The van der Waals surface area contributed by atoms with Gasteiger partial charge in [0, 0.05) is 18.3 Å². The molecule has 0 heterocycles. The van der Waals surface area contributed by atoms with E-state index in [0.717, 1.165) is 26.1 Å². The summed E-state index contributed by atoms with van der Waals surface area (Å²) in [6.45, 7) is 7.44. The van der Waals surface area contributed by atoms with Gasteiger partial charge in [-0.05, 0) is 38.2 Å². The minimum atomic E-state index is -0.579. The van der Waals surface area contributed by atoms with E-state index in [-0.39, 0.29) is 11.3 Å². The molecule has 1 aromatic carbocycles. The summed E-state index contributed by atoms with van der Waals surface area (Å²) in [6.07, 6.45) is 0.795. The zero-order valence-corrected chi connectivity index (χ0v) is 12.5. The first kappa shape index (κ1) is 16.9. The second-order valence-electron chi connectivity index (χ2n) is 4.67. The highest BCUT2D eigenvalue weighted by Crippen LogP contribution is 2.20. The molecule has 3 N–H and O–H groups in total. The van der Waals surface area contributed by atoms with Gasteiger partial charge in [-0.25, -0.2) is 0 Å². The number of nitrogens with two attached hydrogens (primary N) is 1. The number of carbonyl (C=O) groups excluding carboxylic acids is 1. The van der Waals surface area contributed by atoms with Gasteiger partial charge in [-0.1, -0.05) is 13.8 Å². The van der Waals surface area contributed by atoms with Crippen LogP contribution in [0.25, 0.3) is 0 Å². The number of benzene rings is 1. The number of carbonyl (C=O) groups is 1. The number of amides is 1. The monoisotopic (exact) mass is 294 g/mol. The van der Waals surface area contributed by atoms with E-state index in [1.807, 2.05) is 0 Å². The molecule has 0 radical (unpaired) electrons. The third-order valence-corrected chi connectivity index (χ3v) is 3.29. The Labute approximate surface area is 124 Å². The SMILES string of the molecule is CCN(CC)CCCNC(=O)c1cc(N)ccc1[N+](=O)[O-]. The molecule has 0 spiro atoms. The molecule has 21 heavy (non-hydrogen) atoms. The van der Waals surface area contributed by atoms with E-state index in [0.29, 0.717) is 12.2 Å². The van der Waals surface area contributed by atoms with E-state index in [1.165, 1.54) is 18.2 Å². The van der Waals surface area contributed by atoms with E-state index >= 15 is 0 Å². The van der Waals surface area contributed by atoms with Crippen molar-refractivity contribution in [2.45, 2.75) is 20.3 Å². The van der Waals surface area contributed by atoms with Gasteiger partial charge in [-0.3, -0.25) is 14.9 Å². The first-order valence-corrected chi connectivity index (χ1v) is 7.04. The molecule has 1 rings (SSSR count). The summed E-state index contributed by atoms with van der Waals surface area (Å²) >= 11 is 0. The average molecular weight is 294 g/mol. The Morgan fingerprint density at radius 3 is 2.62 bits per heavy atom. The summed E-state index contributed by atoms with van der Waals surface area (Å²) in [5, 5.41) is 13.6. The third-order valence-electron chi connectivity index (χ3n) is 3.29. The van der Waals surface area contributed by atoms with Gasteiger partial charge in [0.1, 0.15) is 5.56 Å². The van der Waals surface area contributed by atoms with Crippen LogP contribution in [-0.2, 0) is 0 Å². The lowest BCUT2D eigenvalue weighted by Gasteiger charge is -2.17. The van der Waals surface area contributed by atoms with Crippen LogP contribution in [0.1, 0.15) is 30.6 Å². The van der Waals surface area contributed by atoms with Crippen LogP contribution in [0.5, 0.6) is 0 Å². The molecule has 0 saturated carbocycles. The standard InChI is InChI=1S/C14H22N4O3/c1-3-17(4-2)9-5-8-16-14(19)12-10-11(15)6-7-13(12)18(20)21/h6-7,10H,3-5,8-9,15H2,1-2H3,(H,16,19). The molecular weight excluding hydrogens is 272 g/mol. The molecule has 7 nitrogen and oxygen atoms in total. The number of hydrogen-bond donors (Lipinski definition) is 2. The van der Waals surface area contributed by atoms with Gasteiger partial charge in [0.25, 0.3) is 11.6 Å². The van der Waals surface area contributed by atoms with Gasteiger partial charge in [-0.15, -0.1) is 0 Å². The molecule has 0 aliphatic carbocycles. The lowest BCUT2D eigenvalue weighted by molar-refractivity contribution is -0.385. The average Bonchev–Trinajstić information content (AvgIpc) is 2.46. The highest BCUT2D eigenvalue weighted by molar-refractivity contribution is 5.99. The fourth-order valence-electron chi connectivity index (χ4n) is 2.03. The normalized spacial score (nSPS) is 10.6. The van der Waals surface area contributed by atoms with Crippen molar-refractivity contribution in [2.24, 2.45) is 0 Å². The van der Waals surface area contributed by atoms with E-state index in [9.17, 15) is 14.9 Å². The Morgan fingerprint density at radius 2 is 2.05 bits per heavy atom. The molecule has 0 aliphatic heterocycles. The maximum absolute atomic E-state index is 12.0. The lowest BCUT2D eigenvalue weighted by atomic mass is 10.1. The largest absolute Gasteiger partial charge is 0.399 e. The van der Waals surface area contributed by atoms with E-state index in [2.05, 4.69) is 24.1 Å². The molecule has 1 aromatic rings. The number of nitrogen functional groups attached to an aromatic ring is 1. The summed E-state index contributed by atoms with van der Waals surface area (Å²) in [7, 11) is 0. The molecule has 0 aromatic heterocycles. The number of nitrogens with one attached hydrogen (secondary N) is 1. The number of rotatable bonds is 8. The van der Waals surface area contributed by atoms with Crippen molar-refractivity contribution in [2.75, 3.05) is 31.9 Å². The van der Waals surface area contributed by atoms with Crippen LogP contribution in [0.2, 0.25) is 0 Å². The van der Waals surface area contributed by atoms with Gasteiger partial charge in [0.05, 0.1) is 4.92 Å². The topological polar surface area (TPSA) is 102 Å². The molecule has 0 atom stereocenters. The molecular formula is C14H22N4O3. The van der Waals surface area contributed by atoms with Crippen LogP contribution in [0.3, 0.4) is 0 Å². The minimum Gasteiger partial charge on any atom is -0.399 e. The molecule has 0 unspecified atom stereocenters. The summed E-state index contributed by atoms with van der Waals surface area (Å²) in [5.41, 5.74) is 5.69. The maximum Gasteiger partial charge on any atom is 0.282 e. The van der Waals surface area contributed by atoms with Crippen LogP contribution >= 0.6 is 0 Å². The molecule has 0 bridgehead atoms. The van der Waals surface area contributed by atoms with E-state index in [4.69, 9.17) is 5.73 Å². The summed E-state index contributed by atoms with van der Waals surface area (Å²) in [6, 6.07) is 3.99. The van der Waals surface area contributed by atoms with Crippen LogP contribution in [0.4, 0.5) is 11.4 Å². The van der Waals surface area contributed by atoms with Crippen molar-refractivity contribution in [3.8, 4) is 0 Å². The second kappa shape index (κ2) is 8.21. The van der Waals surface area contributed by atoms with Crippen molar-refractivity contribution in [3.63, 3.8) is 0 Å². The minimum absolute atomic E-state index is 0.00263. The zero-order valence-electron chi connectivity index (χ0n) is 12.5. The molecule has 0 saturated heterocycles. The van der Waals surface area contributed by atoms with E-state index in [1.54, 1.807) is 0 Å². The number of anilines is 1. The van der Waals surface area contributed by atoms with Crippen molar-refractivity contribution >= 4 is 17.3 Å². The third kappa shape index (κ3) is 5.03. The number of nitro groups is 1.